The fourth-order valence-electron chi connectivity index (χ4n) is 7.36. The fraction of sp³-hybridized carbons (Fsp3) is 0.720. The number of ether oxygens (including phenoxy) is 1. The Labute approximate surface area is 189 Å². The Bertz CT molecular complexity index is 893. The molecule has 0 bridgehead atoms. The molecule has 32 heavy (non-hydrogen) atoms. The van der Waals surface area contributed by atoms with E-state index < -0.39 is 35.5 Å². The van der Waals surface area contributed by atoms with Gasteiger partial charge in [-0.1, -0.05) is 25.5 Å². The number of esters is 1. The summed E-state index contributed by atoms with van der Waals surface area (Å²) >= 11 is 0. The third kappa shape index (κ3) is 3.40. The van der Waals surface area contributed by atoms with Crippen molar-refractivity contribution in [3.63, 3.8) is 0 Å². The van der Waals surface area contributed by atoms with E-state index in [1.807, 2.05) is 13.0 Å². The lowest BCUT2D eigenvalue weighted by Crippen LogP contribution is -2.61. The first kappa shape index (κ1) is 23.3. The van der Waals surface area contributed by atoms with Crippen LogP contribution in [-0.4, -0.2) is 71.6 Å². The zero-order chi connectivity index (χ0) is 23.5. The average molecular weight is 446 g/mol. The summed E-state index contributed by atoms with van der Waals surface area (Å²) in [5, 5.41) is 23.0. The number of likely N-dealkylation sites (N-methyl/N-ethyl adjacent to an activating group) is 1. The van der Waals surface area contributed by atoms with Gasteiger partial charge >= 0.3 is 5.97 Å². The number of nitrogens with zero attached hydrogens (tertiary/aromatic N) is 1. The first-order valence-electron chi connectivity index (χ1n) is 11.6. The predicted octanol–water partition coefficient (Wildman–Crippen LogP) is 1.67. The van der Waals surface area contributed by atoms with Crippen molar-refractivity contribution in [2.45, 2.75) is 57.7 Å². The third-order valence-corrected chi connectivity index (χ3v) is 8.92. The number of hydrogen-bond donors (Lipinski definition) is 2. The summed E-state index contributed by atoms with van der Waals surface area (Å²) in [4.78, 5) is 38.6. The molecule has 0 amide bonds. The highest BCUT2D eigenvalue weighted by molar-refractivity contribution is 6.01. The van der Waals surface area contributed by atoms with Gasteiger partial charge in [-0.3, -0.25) is 19.3 Å². The summed E-state index contributed by atoms with van der Waals surface area (Å²) in [7, 11) is 3.48. The van der Waals surface area contributed by atoms with Crippen LogP contribution < -0.4 is 0 Å². The molecule has 2 N–H and O–H groups in total. The van der Waals surface area contributed by atoms with Crippen LogP contribution in [-0.2, 0) is 19.1 Å². The number of carbonyl (C=O) groups is 3. The zero-order valence-corrected chi connectivity index (χ0v) is 19.5. The molecule has 0 radical (unpaired) electrons. The topological polar surface area (TPSA) is 104 Å². The van der Waals surface area contributed by atoms with Gasteiger partial charge in [-0.05, 0) is 70.2 Å². The van der Waals surface area contributed by atoms with Crippen LogP contribution in [0.2, 0.25) is 0 Å². The van der Waals surface area contributed by atoms with Crippen LogP contribution in [0, 0.1) is 28.6 Å². The van der Waals surface area contributed by atoms with E-state index in [1.54, 1.807) is 31.1 Å². The molecule has 0 aromatic heterocycles. The lowest BCUT2D eigenvalue weighted by Gasteiger charge is -2.59. The Balaban J connectivity index is 1.57. The van der Waals surface area contributed by atoms with Crippen LogP contribution in [0.4, 0.5) is 0 Å². The molecule has 0 aliphatic heterocycles. The van der Waals surface area contributed by atoms with E-state index in [4.69, 9.17) is 4.74 Å². The lowest BCUT2D eigenvalue weighted by atomic mass is 9.46. The molecule has 7 nitrogen and oxygen atoms in total. The molecule has 176 valence electrons. The Morgan fingerprint density at radius 3 is 2.66 bits per heavy atom. The van der Waals surface area contributed by atoms with E-state index >= 15 is 0 Å². The number of allylic oxidation sites excluding steroid dienone is 4. The molecule has 3 fully saturated rings. The molecule has 3 saturated carbocycles. The minimum Gasteiger partial charge on any atom is -0.457 e. The maximum Gasteiger partial charge on any atom is 0.320 e. The molecule has 4 aliphatic rings. The first-order chi connectivity index (χ1) is 14.9. The van der Waals surface area contributed by atoms with Crippen LogP contribution in [0.5, 0.6) is 0 Å². The normalized spacial score (nSPS) is 42.7. The maximum absolute atomic E-state index is 13.1. The maximum atomic E-state index is 13.1. The van der Waals surface area contributed by atoms with E-state index in [0.717, 1.165) is 18.4 Å². The number of aliphatic hydroxyl groups excluding tert-OH is 1. The quantitative estimate of drug-likeness (QED) is 0.621. The van der Waals surface area contributed by atoms with Gasteiger partial charge in [0, 0.05) is 16.7 Å². The van der Waals surface area contributed by atoms with Gasteiger partial charge in [0.05, 0.1) is 12.6 Å². The van der Waals surface area contributed by atoms with E-state index in [0.29, 0.717) is 19.3 Å². The van der Waals surface area contributed by atoms with Crippen molar-refractivity contribution < 1.29 is 29.3 Å². The average Bonchev–Trinajstić information content (AvgIpc) is 2.97. The molecule has 7 heteroatoms. The lowest BCUT2D eigenvalue weighted by molar-refractivity contribution is -0.181. The van der Waals surface area contributed by atoms with E-state index in [1.165, 1.54) is 0 Å². The van der Waals surface area contributed by atoms with Gasteiger partial charge < -0.3 is 14.9 Å². The number of aliphatic hydroxyl groups is 2. The molecule has 0 heterocycles. The van der Waals surface area contributed by atoms with Gasteiger partial charge in [-0.2, -0.15) is 0 Å². The van der Waals surface area contributed by atoms with E-state index in [9.17, 15) is 24.6 Å². The second-order valence-corrected chi connectivity index (χ2v) is 10.9. The third-order valence-electron chi connectivity index (χ3n) is 8.92. The smallest absolute Gasteiger partial charge is 0.320 e. The minimum absolute atomic E-state index is 0.00397. The molecular weight excluding hydrogens is 410 g/mol. The van der Waals surface area contributed by atoms with Crippen molar-refractivity contribution >= 4 is 17.5 Å². The Morgan fingerprint density at radius 2 is 1.97 bits per heavy atom. The van der Waals surface area contributed by atoms with Gasteiger partial charge in [0.2, 0.25) is 5.78 Å². The Kier molecular flexibility index (Phi) is 5.75. The molecule has 0 saturated heterocycles. The van der Waals surface area contributed by atoms with Crippen LogP contribution in [0.25, 0.3) is 0 Å². The molecule has 0 aromatic rings. The van der Waals surface area contributed by atoms with Crippen molar-refractivity contribution in [3.05, 3.63) is 23.8 Å². The molecular formula is C25H35NO6. The summed E-state index contributed by atoms with van der Waals surface area (Å²) in [5.74, 6) is -0.829. The standard InChI is InChI=1S/C25H35NO6/c1-23-9-7-16(27)11-15(23)5-6-17-18-8-10-25(31,24(18,2)12-19(28)22(17)23)20(29)14-32-21(30)13-26(3)4/h7,9,11,17-19,22,28,31H,5-6,8,10,12-14H2,1-4H3/t17-,18-,19-,22+,23-,24-,25-/m0/s1. The first-order valence-corrected chi connectivity index (χ1v) is 11.6. The highest BCUT2D eigenvalue weighted by Gasteiger charge is 2.68. The monoisotopic (exact) mass is 445 g/mol. The van der Waals surface area contributed by atoms with Gasteiger partial charge in [0.15, 0.2) is 12.4 Å². The highest BCUT2D eigenvalue weighted by atomic mass is 16.5. The largest absolute Gasteiger partial charge is 0.457 e. The van der Waals surface area contributed by atoms with Gasteiger partial charge in [0.25, 0.3) is 0 Å². The molecule has 7 atom stereocenters. The second kappa shape index (κ2) is 7.89. The zero-order valence-electron chi connectivity index (χ0n) is 19.5. The van der Waals surface area contributed by atoms with Crippen molar-refractivity contribution in [2.24, 2.45) is 28.6 Å². The van der Waals surface area contributed by atoms with Gasteiger partial charge in [-0.25, -0.2) is 0 Å². The number of ketones is 2. The van der Waals surface area contributed by atoms with Gasteiger partial charge in [0.1, 0.15) is 5.60 Å². The number of rotatable bonds is 5. The SMILES string of the molecule is CN(C)CC(=O)OCC(=O)[C@@]1(O)CC[C@H]2[C@@H]3CCC4=CC(=O)C=C[C@]4(C)[C@H]3[C@@H](O)C[C@@]21C. The molecule has 4 rings (SSSR count). The number of carbonyl (C=O) groups excluding carboxylic acids is 3. The van der Waals surface area contributed by atoms with Crippen LogP contribution >= 0.6 is 0 Å². The fourth-order valence-corrected chi connectivity index (χ4v) is 7.36. The van der Waals surface area contributed by atoms with Crippen molar-refractivity contribution in [1.82, 2.24) is 4.90 Å². The Morgan fingerprint density at radius 1 is 1.25 bits per heavy atom. The summed E-state index contributed by atoms with van der Waals surface area (Å²) in [6.07, 6.45) is 7.46. The Hall–Kier alpha value is -1.83. The highest BCUT2D eigenvalue weighted by Crippen LogP contribution is 2.67. The molecule has 4 aliphatic carbocycles. The number of fused-ring (bicyclic) bond motifs is 5. The second-order valence-electron chi connectivity index (χ2n) is 10.9. The predicted molar refractivity (Wildman–Crippen MR) is 117 cm³/mol. The van der Waals surface area contributed by atoms with E-state index in [2.05, 4.69) is 6.92 Å². The summed E-state index contributed by atoms with van der Waals surface area (Å²) in [6, 6.07) is 0. The number of Topliss-reactive ketones (excluding diaryl/α,β-unsaturated/α-hetero) is 1. The van der Waals surface area contributed by atoms with Gasteiger partial charge in [-0.15, -0.1) is 0 Å². The molecule has 0 aromatic carbocycles. The van der Waals surface area contributed by atoms with Crippen LogP contribution in [0.3, 0.4) is 0 Å². The summed E-state index contributed by atoms with van der Waals surface area (Å²) in [5.41, 5.74) is -1.72. The minimum atomic E-state index is -1.63. The van der Waals surface area contributed by atoms with Crippen LogP contribution in [0.1, 0.15) is 46.0 Å². The molecule has 0 unspecified atom stereocenters. The number of hydrogen-bond acceptors (Lipinski definition) is 7. The van der Waals surface area contributed by atoms with E-state index in [-0.39, 0.29) is 35.5 Å². The summed E-state index contributed by atoms with van der Waals surface area (Å²) < 4.78 is 5.15. The van der Waals surface area contributed by atoms with Crippen molar-refractivity contribution in [2.75, 3.05) is 27.2 Å². The summed E-state index contributed by atoms with van der Waals surface area (Å²) in [6.45, 7) is 3.63. The van der Waals surface area contributed by atoms with Crippen molar-refractivity contribution in [1.29, 1.82) is 0 Å². The molecule has 0 spiro atoms. The van der Waals surface area contributed by atoms with Crippen molar-refractivity contribution in [3.8, 4) is 0 Å². The van der Waals surface area contributed by atoms with Crippen LogP contribution in [0.15, 0.2) is 23.8 Å².